The molecular formula is C88H172O17P2. The third-order valence-corrected chi connectivity index (χ3v) is 22.5. The third-order valence-electron chi connectivity index (χ3n) is 20.6. The predicted octanol–water partition coefficient (Wildman–Crippen LogP) is 26.9. The van der Waals surface area contributed by atoms with E-state index in [9.17, 15) is 43.2 Å². The van der Waals surface area contributed by atoms with Crippen LogP contribution in [0.25, 0.3) is 0 Å². The van der Waals surface area contributed by atoms with Crippen molar-refractivity contribution in [2.75, 3.05) is 39.6 Å². The number of esters is 4. The summed E-state index contributed by atoms with van der Waals surface area (Å²) in [6.45, 7) is 12.1. The minimum atomic E-state index is -4.97. The SMILES string of the molecule is CCCCCCCCCCCCCCCC(=O)OC[C@H](COP(=O)(O)OC[C@H](O)COP(=O)(O)OC[C@@H](COC(=O)CCCCCCCCCCCCCCCCCCC(C)C)OC(=O)CCCCCCCCCCCCCCCCCCC(C)C)OC(=O)CCCCCCCCCCCCCCCC(C)C. The Morgan fingerprint density at radius 2 is 0.430 bits per heavy atom. The van der Waals surface area contributed by atoms with Crippen LogP contribution in [0.1, 0.15) is 466 Å². The largest absolute Gasteiger partial charge is 0.472 e. The van der Waals surface area contributed by atoms with Gasteiger partial charge in [0.05, 0.1) is 26.4 Å². The smallest absolute Gasteiger partial charge is 0.462 e. The van der Waals surface area contributed by atoms with Crippen LogP contribution in [0.5, 0.6) is 0 Å². The predicted molar refractivity (Wildman–Crippen MR) is 441 cm³/mol. The van der Waals surface area contributed by atoms with E-state index < -0.39 is 97.5 Å². The second-order valence-electron chi connectivity index (χ2n) is 33.1. The Kier molecular flexibility index (Phi) is 76.6. The summed E-state index contributed by atoms with van der Waals surface area (Å²) in [6, 6.07) is 0. The average molecular weight is 1560 g/mol. The molecule has 0 aliphatic heterocycles. The fraction of sp³-hybridized carbons (Fsp3) is 0.955. The number of hydrogen-bond acceptors (Lipinski definition) is 15. The Morgan fingerprint density at radius 3 is 0.636 bits per heavy atom. The van der Waals surface area contributed by atoms with Crippen LogP contribution in [0.4, 0.5) is 0 Å². The highest BCUT2D eigenvalue weighted by Gasteiger charge is 2.31. The molecule has 0 aromatic heterocycles. The molecule has 636 valence electrons. The Labute approximate surface area is 658 Å². The molecule has 0 aliphatic carbocycles. The van der Waals surface area contributed by atoms with Crippen molar-refractivity contribution < 1.29 is 80.2 Å². The summed E-state index contributed by atoms with van der Waals surface area (Å²) in [7, 11) is -9.93. The summed E-state index contributed by atoms with van der Waals surface area (Å²) < 4.78 is 69.0. The molecule has 0 saturated heterocycles. The number of carbonyl (C=O) groups excluding carboxylic acids is 4. The lowest BCUT2D eigenvalue weighted by atomic mass is 10.0. The Bertz CT molecular complexity index is 2060. The first-order valence-corrected chi connectivity index (χ1v) is 48.3. The van der Waals surface area contributed by atoms with Crippen molar-refractivity contribution >= 4 is 39.5 Å². The topological polar surface area (TPSA) is 237 Å². The molecule has 107 heavy (non-hydrogen) atoms. The van der Waals surface area contributed by atoms with Crippen LogP contribution >= 0.6 is 15.6 Å². The van der Waals surface area contributed by atoms with Crippen molar-refractivity contribution in [2.24, 2.45) is 17.8 Å². The van der Waals surface area contributed by atoms with Gasteiger partial charge in [0.25, 0.3) is 0 Å². The van der Waals surface area contributed by atoms with Crippen LogP contribution < -0.4 is 0 Å². The van der Waals surface area contributed by atoms with Gasteiger partial charge in [-0.1, -0.05) is 414 Å². The number of aliphatic hydroxyl groups is 1. The lowest BCUT2D eigenvalue weighted by Gasteiger charge is -2.21. The molecule has 0 aliphatic rings. The molecule has 0 spiro atoms. The fourth-order valence-electron chi connectivity index (χ4n) is 13.7. The number of rotatable bonds is 86. The first-order valence-electron chi connectivity index (χ1n) is 45.3. The van der Waals surface area contributed by atoms with Crippen LogP contribution in [0, 0.1) is 17.8 Å². The van der Waals surface area contributed by atoms with E-state index in [1.165, 1.54) is 276 Å². The Balaban J connectivity index is 5.27. The molecule has 19 heteroatoms. The summed E-state index contributed by atoms with van der Waals surface area (Å²) in [5.74, 6) is 0.309. The normalized spacial score (nSPS) is 13.8. The maximum Gasteiger partial charge on any atom is 0.472 e. The van der Waals surface area contributed by atoms with E-state index in [-0.39, 0.29) is 25.7 Å². The van der Waals surface area contributed by atoms with Gasteiger partial charge in [0, 0.05) is 25.7 Å². The van der Waals surface area contributed by atoms with E-state index in [4.69, 9.17) is 37.0 Å². The molecule has 0 amide bonds. The van der Waals surface area contributed by atoms with E-state index in [1.54, 1.807) is 0 Å². The van der Waals surface area contributed by atoms with E-state index in [2.05, 4.69) is 48.5 Å². The van der Waals surface area contributed by atoms with Gasteiger partial charge in [0.2, 0.25) is 0 Å². The standard InChI is InChI=1S/C88H172O17P2/c1-8-9-10-11-12-13-14-24-34-41-48-55-62-69-85(90)98-75-83(105-88(93)72-65-58-51-44-37-30-23-27-33-40-47-54-61-68-81(6)7)77-102-106(94,95)100-73-82(89)74-101-107(96,97)103-78-84(104-87(92)71-64-57-50-43-36-29-22-18-16-20-26-32-39-46-53-60-67-80(4)5)76-99-86(91)70-63-56-49-42-35-28-21-17-15-19-25-31-38-45-52-59-66-79(2)3/h79-84,89H,8-78H2,1-7H3,(H,94,95)(H,96,97)/t82-,83+,84+/m0/s1. The molecule has 0 radical (unpaired) electrons. The quantitative estimate of drug-likeness (QED) is 0.0222. The van der Waals surface area contributed by atoms with E-state index in [0.29, 0.717) is 25.7 Å². The van der Waals surface area contributed by atoms with Crippen LogP contribution in [0.2, 0.25) is 0 Å². The second kappa shape index (κ2) is 78.0. The first kappa shape index (κ1) is 105. The summed E-state index contributed by atoms with van der Waals surface area (Å²) in [5.41, 5.74) is 0. The van der Waals surface area contributed by atoms with Gasteiger partial charge in [-0.2, -0.15) is 0 Å². The van der Waals surface area contributed by atoms with Crippen molar-refractivity contribution in [1.29, 1.82) is 0 Å². The molecule has 2 unspecified atom stereocenters. The molecule has 17 nitrogen and oxygen atoms in total. The summed E-state index contributed by atoms with van der Waals surface area (Å²) >= 11 is 0. The highest BCUT2D eigenvalue weighted by atomic mass is 31.2. The second-order valence-corrected chi connectivity index (χ2v) is 36.0. The Hall–Kier alpha value is -1.94. The first-order chi connectivity index (χ1) is 51.7. The van der Waals surface area contributed by atoms with Crippen molar-refractivity contribution in [2.45, 2.75) is 484 Å². The van der Waals surface area contributed by atoms with E-state index >= 15 is 0 Å². The number of phosphoric acid groups is 2. The zero-order chi connectivity index (χ0) is 78.6. The number of phosphoric ester groups is 2. The maximum atomic E-state index is 13.2. The number of unbranched alkanes of at least 4 members (excludes halogenated alkanes) is 54. The molecule has 0 heterocycles. The third kappa shape index (κ3) is 81.9. The van der Waals surface area contributed by atoms with Gasteiger partial charge >= 0.3 is 39.5 Å². The average Bonchev–Trinajstić information content (AvgIpc) is 0.906. The molecule has 0 aromatic carbocycles. The molecule has 3 N–H and O–H groups in total. The van der Waals surface area contributed by atoms with Crippen LogP contribution in [-0.4, -0.2) is 96.7 Å². The summed E-state index contributed by atoms with van der Waals surface area (Å²) in [4.78, 5) is 73.3. The van der Waals surface area contributed by atoms with Gasteiger partial charge in [-0.05, 0) is 43.4 Å². The summed E-state index contributed by atoms with van der Waals surface area (Å²) in [5, 5.41) is 10.7. The number of hydrogen-bond donors (Lipinski definition) is 3. The van der Waals surface area contributed by atoms with Crippen molar-refractivity contribution in [1.82, 2.24) is 0 Å². The lowest BCUT2D eigenvalue weighted by molar-refractivity contribution is -0.161. The highest BCUT2D eigenvalue weighted by Crippen LogP contribution is 2.45. The highest BCUT2D eigenvalue weighted by molar-refractivity contribution is 7.47. The van der Waals surface area contributed by atoms with Crippen molar-refractivity contribution in [3.05, 3.63) is 0 Å². The van der Waals surface area contributed by atoms with Crippen molar-refractivity contribution in [3.63, 3.8) is 0 Å². The van der Waals surface area contributed by atoms with Gasteiger partial charge in [0.15, 0.2) is 12.2 Å². The molecule has 0 saturated carbocycles. The molecular weight excluding hydrogens is 1390 g/mol. The monoisotopic (exact) mass is 1560 g/mol. The van der Waals surface area contributed by atoms with Gasteiger partial charge in [-0.3, -0.25) is 37.3 Å². The fourth-order valence-corrected chi connectivity index (χ4v) is 15.3. The lowest BCUT2D eigenvalue weighted by Crippen LogP contribution is -2.30. The molecule has 5 atom stereocenters. The minimum absolute atomic E-state index is 0.108. The van der Waals surface area contributed by atoms with E-state index in [0.717, 1.165) is 108 Å². The zero-order valence-electron chi connectivity index (χ0n) is 70.6. The van der Waals surface area contributed by atoms with Crippen LogP contribution in [0.3, 0.4) is 0 Å². The van der Waals surface area contributed by atoms with Gasteiger partial charge < -0.3 is 33.8 Å². The number of aliphatic hydroxyl groups excluding tert-OH is 1. The van der Waals surface area contributed by atoms with Crippen LogP contribution in [-0.2, 0) is 65.4 Å². The summed E-state index contributed by atoms with van der Waals surface area (Å²) in [6.07, 6.45) is 69.3. The molecule has 0 fully saturated rings. The molecule has 0 rings (SSSR count). The van der Waals surface area contributed by atoms with E-state index in [1.807, 2.05) is 0 Å². The zero-order valence-corrected chi connectivity index (χ0v) is 72.4. The minimum Gasteiger partial charge on any atom is -0.462 e. The van der Waals surface area contributed by atoms with Gasteiger partial charge in [0.1, 0.15) is 19.3 Å². The number of ether oxygens (including phenoxy) is 4. The molecule has 0 bridgehead atoms. The molecule has 0 aromatic rings. The van der Waals surface area contributed by atoms with Crippen molar-refractivity contribution in [3.8, 4) is 0 Å². The Morgan fingerprint density at radius 1 is 0.252 bits per heavy atom. The number of carbonyl (C=O) groups is 4. The van der Waals surface area contributed by atoms with Crippen LogP contribution in [0.15, 0.2) is 0 Å². The van der Waals surface area contributed by atoms with Gasteiger partial charge in [-0.15, -0.1) is 0 Å². The maximum absolute atomic E-state index is 13.2. The van der Waals surface area contributed by atoms with Gasteiger partial charge in [-0.25, -0.2) is 9.13 Å².